The molecule has 0 aliphatic heterocycles. The van der Waals surface area contributed by atoms with Crippen molar-refractivity contribution in [3.63, 3.8) is 0 Å². The zero-order chi connectivity index (χ0) is 27.3. The summed E-state index contributed by atoms with van der Waals surface area (Å²) in [5, 5.41) is 25.9. The van der Waals surface area contributed by atoms with Gasteiger partial charge in [0, 0.05) is 18.3 Å². The van der Waals surface area contributed by atoms with Crippen LogP contribution in [0.2, 0.25) is 0 Å². The van der Waals surface area contributed by atoms with Crippen molar-refractivity contribution in [2.45, 2.75) is 76.5 Å². The highest BCUT2D eigenvalue weighted by Gasteiger charge is 2.33. The van der Waals surface area contributed by atoms with E-state index >= 15 is 0 Å². The number of unbranched alkanes of at least 4 members (excludes halogenated alkanes) is 1. The van der Waals surface area contributed by atoms with Gasteiger partial charge in [-0.3, -0.25) is 19.2 Å². The van der Waals surface area contributed by atoms with Gasteiger partial charge in [0.2, 0.25) is 17.7 Å². The first-order valence-corrected chi connectivity index (χ1v) is 11.8. The van der Waals surface area contributed by atoms with Crippen LogP contribution in [0.25, 0.3) is 0 Å². The Morgan fingerprint density at radius 2 is 1.67 bits per heavy atom. The van der Waals surface area contributed by atoms with Crippen LogP contribution in [-0.4, -0.2) is 80.6 Å². The predicted octanol–water partition coefficient (Wildman–Crippen LogP) is -1.53. The van der Waals surface area contributed by atoms with Crippen LogP contribution in [-0.2, 0) is 30.4 Å². The quantitative estimate of drug-likeness (QED) is 0.112. The van der Waals surface area contributed by atoms with E-state index in [1.807, 2.05) is 0 Å². The lowest BCUT2D eigenvalue weighted by Crippen LogP contribution is -2.58. The van der Waals surface area contributed by atoms with Crippen LogP contribution in [0.15, 0.2) is 12.5 Å². The van der Waals surface area contributed by atoms with E-state index in [0.717, 1.165) is 0 Å². The molecule has 0 bridgehead atoms. The van der Waals surface area contributed by atoms with Gasteiger partial charge < -0.3 is 42.6 Å². The molecule has 10 N–H and O–H groups in total. The average Bonchev–Trinajstić information content (AvgIpc) is 3.33. The Morgan fingerprint density at radius 3 is 2.19 bits per heavy atom. The highest BCUT2D eigenvalue weighted by molar-refractivity contribution is 5.95. The lowest BCUT2D eigenvalue weighted by molar-refractivity contribution is -0.144. The van der Waals surface area contributed by atoms with Crippen LogP contribution < -0.4 is 27.4 Å². The van der Waals surface area contributed by atoms with Crippen molar-refractivity contribution in [3.05, 3.63) is 18.2 Å². The smallest absolute Gasteiger partial charge is 0.326 e. The number of carboxylic acids is 2. The molecular weight excluding hydrogens is 474 g/mol. The molecule has 0 aliphatic rings. The van der Waals surface area contributed by atoms with Gasteiger partial charge in [-0.1, -0.05) is 20.3 Å². The molecule has 0 saturated heterocycles. The van der Waals surface area contributed by atoms with Crippen LogP contribution in [0.4, 0.5) is 0 Å². The summed E-state index contributed by atoms with van der Waals surface area (Å²) in [5.74, 6) is -5.48. The van der Waals surface area contributed by atoms with Crippen molar-refractivity contribution in [1.29, 1.82) is 0 Å². The summed E-state index contributed by atoms with van der Waals surface area (Å²) in [6, 6.07) is -4.95. The largest absolute Gasteiger partial charge is 0.481 e. The Morgan fingerprint density at radius 1 is 1.03 bits per heavy atom. The minimum absolute atomic E-state index is 0.138. The second-order valence-electron chi connectivity index (χ2n) is 8.60. The number of hydrogen-bond donors (Lipinski definition) is 8. The summed E-state index contributed by atoms with van der Waals surface area (Å²) in [4.78, 5) is 68.0. The maximum absolute atomic E-state index is 13.0. The van der Waals surface area contributed by atoms with Gasteiger partial charge in [-0.15, -0.1) is 0 Å². The number of aliphatic carboxylic acids is 2. The van der Waals surface area contributed by atoms with Gasteiger partial charge in [0.1, 0.15) is 18.1 Å². The van der Waals surface area contributed by atoms with E-state index < -0.39 is 66.2 Å². The van der Waals surface area contributed by atoms with E-state index in [0.29, 0.717) is 31.5 Å². The molecule has 1 aromatic heterocycles. The summed E-state index contributed by atoms with van der Waals surface area (Å²) in [6.45, 7) is 3.73. The number of amides is 3. The molecule has 0 spiro atoms. The third-order valence-electron chi connectivity index (χ3n) is 5.70. The van der Waals surface area contributed by atoms with Gasteiger partial charge in [0.05, 0.1) is 18.8 Å². The third-order valence-corrected chi connectivity index (χ3v) is 5.70. The van der Waals surface area contributed by atoms with Gasteiger partial charge >= 0.3 is 11.9 Å². The highest BCUT2D eigenvalue weighted by Crippen LogP contribution is 2.09. The number of carbonyl (C=O) groups excluding carboxylic acids is 3. The third kappa shape index (κ3) is 10.4. The average molecular weight is 512 g/mol. The fourth-order valence-electron chi connectivity index (χ4n) is 3.36. The van der Waals surface area contributed by atoms with Crippen LogP contribution >= 0.6 is 0 Å². The molecule has 1 aromatic rings. The Labute approximate surface area is 209 Å². The van der Waals surface area contributed by atoms with Gasteiger partial charge in [0.15, 0.2) is 0 Å². The number of aromatic amines is 1. The lowest BCUT2D eigenvalue weighted by Gasteiger charge is -2.26. The number of rotatable bonds is 17. The van der Waals surface area contributed by atoms with Crippen LogP contribution in [0, 0.1) is 5.92 Å². The Balaban J connectivity index is 2.98. The zero-order valence-electron chi connectivity index (χ0n) is 20.5. The van der Waals surface area contributed by atoms with Gasteiger partial charge in [-0.2, -0.15) is 0 Å². The molecule has 14 heteroatoms. The second-order valence-corrected chi connectivity index (χ2v) is 8.60. The molecule has 202 valence electrons. The number of imidazole rings is 1. The molecule has 14 nitrogen and oxygen atoms in total. The van der Waals surface area contributed by atoms with Gasteiger partial charge in [-0.25, -0.2) is 9.78 Å². The molecule has 0 saturated carbocycles. The number of carbonyl (C=O) groups is 5. The van der Waals surface area contributed by atoms with Crippen molar-refractivity contribution in [1.82, 2.24) is 25.9 Å². The molecule has 5 unspecified atom stereocenters. The summed E-state index contributed by atoms with van der Waals surface area (Å²) in [6.07, 6.45) is 3.94. The first kappa shape index (κ1) is 30.5. The zero-order valence-corrected chi connectivity index (χ0v) is 20.5. The highest BCUT2D eigenvalue weighted by atomic mass is 16.4. The number of carboxylic acid groups (broad SMARTS) is 2. The molecule has 3 amide bonds. The lowest BCUT2D eigenvalue weighted by atomic mass is 9.98. The second kappa shape index (κ2) is 15.5. The first-order valence-electron chi connectivity index (χ1n) is 11.8. The Hall–Kier alpha value is -3.52. The minimum atomic E-state index is -1.56. The maximum Gasteiger partial charge on any atom is 0.326 e. The van der Waals surface area contributed by atoms with Gasteiger partial charge in [-0.05, 0) is 31.7 Å². The number of hydrogen-bond acceptors (Lipinski definition) is 8. The molecule has 0 radical (unpaired) electrons. The van der Waals surface area contributed by atoms with Gasteiger partial charge in [0.25, 0.3) is 0 Å². The summed E-state index contributed by atoms with van der Waals surface area (Å²) < 4.78 is 0. The monoisotopic (exact) mass is 511 g/mol. The van der Waals surface area contributed by atoms with Crippen molar-refractivity contribution < 1.29 is 34.2 Å². The van der Waals surface area contributed by atoms with E-state index in [1.54, 1.807) is 13.8 Å². The summed E-state index contributed by atoms with van der Waals surface area (Å²) in [5.41, 5.74) is 12.1. The molecule has 36 heavy (non-hydrogen) atoms. The molecular formula is C22H37N7O7. The number of nitrogens with zero attached hydrogens (tertiary/aromatic N) is 1. The predicted molar refractivity (Wildman–Crippen MR) is 128 cm³/mol. The minimum Gasteiger partial charge on any atom is -0.481 e. The van der Waals surface area contributed by atoms with Crippen LogP contribution in [0.1, 0.15) is 51.6 Å². The van der Waals surface area contributed by atoms with Crippen molar-refractivity contribution in [3.8, 4) is 0 Å². The molecule has 0 fully saturated rings. The number of nitrogens with two attached hydrogens (primary N) is 2. The van der Waals surface area contributed by atoms with Crippen molar-refractivity contribution in [2.24, 2.45) is 17.4 Å². The topological polar surface area (TPSA) is 243 Å². The Bertz CT molecular complexity index is 878. The normalized spacial score (nSPS) is 15.1. The van der Waals surface area contributed by atoms with E-state index in [1.165, 1.54) is 12.5 Å². The SMILES string of the molecule is CCC(C)C(NC(=O)C(CC(=O)O)NC(=O)C(CCCCN)NC(=O)C(N)Cc1cnc[nH]1)C(=O)O. The van der Waals surface area contributed by atoms with E-state index in [2.05, 4.69) is 25.9 Å². The van der Waals surface area contributed by atoms with E-state index in [9.17, 15) is 34.2 Å². The standard InChI is InChI=1S/C22H37N7O7/c1-3-12(2)18(22(35)36)29-21(34)16(9-17(30)31)28-20(33)15(6-4-5-7-23)27-19(32)14(24)8-13-10-25-11-26-13/h10-12,14-16,18H,3-9,23-24H2,1-2H3,(H,25,26)(H,27,32)(H,28,33)(H,29,34)(H,30,31)(H,35,36). The number of aromatic nitrogens is 2. The van der Waals surface area contributed by atoms with Crippen LogP contribution in [0.3, 0.4) is 0 Å². The summed E-state index contributed by atoms with van der Waals surface area (Å²) in [7, 11) is 0. The number of H-pyrrole nitrogens is 1. The number of nitrogens with one attached hydrogen (secondary N) is 4. The molecule has 0 aliphatic carbocycles. The van der Waals surface area contributed by atoms with Crippen molar-refractivity contribution in [2.75, 3.05) is 6.54 Å². The fourth-order valence-corrected chi connectivity index (χ4v) is 3.36. The Kier molecular flexibility index (Phi) is 13.1. The van der Waals surface area contributed by atoms with E-state index in [4.69, 9.17) is 11.5 Å². The summed E-state index contributed by atoms with van der Waals surface area (Å²) >= 11 is 0. The molecule has 1 rings (SSSR count). The maximum atomic E-state index is 13.0. The molecule has 1 heterocycles. The first-order chi connectivity index (χ1) is 17.0. The molecule has 0 aromatic carbocycles. The van der Waals surface area contributed by atoms with E-state index in [-0.39, 0.29) is 12.8 Å². The molecule has 5 atom stereocenters. The van der Waals surface area contributed by atoms with Crippen LogP contribution in [0.5, 0.6) is 0 Å². The fraction of sp³-hybridized carbons (Fsp3) is 0.636. The van der Waals surface area contributed by atoms with Crippen molar-refractivity contribution >= 4 is 29.7 Å².